The number of nitrogens with two attached hydrogens (primary N) is 1. The standard InChI is InChI=1S/C23H20ClFN4O2/c24-16-11-15-17(25)8-12(9-18(15)28-22(16)26)3-4-14-10-19(21(31)20(14)30)29-7-5-13-2-1-6-27-23(13)29/h1-2,5-11,19-21,30-31H,3-4H2,(H2,26,28)/t19-,20-,21+/m1/s1. The van der Waals surface area contributed by atoms with Gasteiger partial charge in [-0.05, 0) is 60.4 Å². The maximum atomic E-state index is 14.5. The van der Waals surface area contributed by atoms with Gasteiger partial charge >= 0.3 is 0 Å². The lowest BCUT2D eigenvalue weighted by atomic mass is 10.0. The Morgan fingerprint density at radius 2 is 2.00 bits per heavy atom. The summed E-state index contributed by atoms with van der Waals surface area (Å²) in [4.78, 5) is 8.56. The number of hydrogen-bond donors (Lipinski definition) is 3. The summed E-state index contributed by atoms with van der Waals surface area (Å²) < 4.78 is 16.4. The molecule has 3 atom stereocenters. The van der Waals surface area contributed by atoms with Crippen molar-refractivity contribution in [1.29, 1.82) is 0 Å². The van der Waals surface area contributed by atoms with Crippen LogP contribution in [0.15, 0.2) is 60.4 Å². The van der Waals surface area contributed by atoms with E-state index >= 15 is 0 Å². The molecular formula is C23H20ClFN4O2. The summed E-state index contributed by atoms with van der Waals surface area (Å²) in [6, 6.07) is 9.99. The molecule has 1 aliphatic carbocycles. The molecule has 158 valence electrons. The Bertz CT molecular complexity index is 1340. The van der Waals surface area contributed by atoms with Gasteiger partial charge in [0.25, 0.3) is 0 Å². The number of anilines is 1. The van der Waals surface area contributed by atoms with Crippen LogP contribution >= 0.6 is 11.6 Å². The van der Waals surface area contributed by atoms with Gasteiger partial charge in [-0.15, -0.1) is 0 Å². The summed E-state index contributed by atoms with van der Waals surface area (Å²) in [7, 11) is 0. The zero-order chi connectivity index (χ0) is 21.7. The highest BCUT2D eigenvalue weighted by Crippen LogP contribution is 2.34. The molecule has 6 nitrogen and oxygen atoms in total. The number of nitrogens with zero attached hydrogens (tertiary/aromatic N) is 3. The third kappa shape index (κ3) is 3.44. The fourth-order valence-electron chi connectivity index (χ4n) is 4.24. The first-order valence-corrected chi connectivity index (χ1v) is 10.3. The largest absolute Gasteiger partial charge is 0.388 e. The molecule has 31 heavy (non-hydrogen) atoms. The summed E-state index contributed by atoms with van der Waals surface area (Å²) in [6.07, 6.45) is 4.39. The molecule has 4 aromatic rings. The smallest absolute Gasteiger partial charge is 0.142 e. The van der Waals surface area contributed by atoms with E-state index in [1.54, 1.807) is 12.3 Å². The van der Waals surface area contributed by atoms with E-state index in [1.807, 2.05) is 35.0 Å². The first-order chi connectivity index (χ1) is 14.9. The molecule has 1 aliphatic rings. The molecule has 5 rings (SSSR count). The van der Waals surface area contributed by atoms with Crippen molar-refractivity contribution in [2.75, 3.05) is 5.73 Å². The summed E-state index contributed by atoms with van der Waals surface area (Å²) in [5.41, 5.74) is 8.36. The van der Waals surface area contributed by atoms with Crippen LogP contribution in [-0.4, -0.2) is 37.0 Å². The van der Waals surface area contributed by atoms with Crippen molar-refractivity contribution in [2.45, 2.75) is 31.1 Å². The molecule has 0 saturated carbocycles. The first kappa shape index (κ1) is 19.9. The molecule has 0 saturated heterocycles. The van der Waals surface area contributed by atoms with E-state index < -0.39 is 24.1 Å². The normalized spacial score (nSPS) is 21.2. The number of fused-ring (bicyclic) bond motifs is 2. The Hall–Kier alpha value is -3.00. The highest BCUT2D eigenvalue weighted by molar-refractivity contribution is 6.33. The predicted molar refractivity (Wildman–Crippen MR) is 118 cm³/mol. The summed E-state index contributed by atoms with van der Waals surface area (Å²) >= 11 is 5.95. The van der Waals surface area contributed by atoms with Crippen LogP contribution in [0, 0.1) is 5.82 Å². The van der Waals surface area contributed by atoms with Crippen molar-refractivity contribution in [3.63, 3.8) is 0 Å². The first-order valence-electron chi connectivity index (χ1n) is 9.95. The number of pyridine rings is 2. The second-order valence-corrected chi connectivity index (χ2v) is 8.21. The second kappa shape index (κ2) is 7.60. The second-order valence-electron chi connectivity index (χ2n) is 7.81. The highest BCUT2D eigenvalue weighted by Gasteiger charge is 2.35. The minimum Gasteiger partial charge on any atom is -0.388 e. The number of hydrogen-bond acceptors (Lipinski definition) is 5. The number of benzene rings is 1. The lowest BCUT2D eigenvalue weighted by Crippen LogP contribution is -2.29. The Balaban J connectivity index is 1.41. The van der Waals surface area contributed by atoms with Gasteiger partial charge in [0.15, 0.2) is 0 Å². The van der Waals surface area contributed by atoms with E-state index in [0.717, 1.165) is 16.6 Å². The van der Waals surface area contributed by atoms with Gasteiger partial charge in [0.1, 0.15) is 29.5 Å². The molecule has 8 heteroatoms. The zero-order valence-corrected chi connectivity index (χ0v) is 17.2. The lowest BCUT2D eigenvalue weighted by molar-refractivity contribution is 0.0317. The summed E-state index contributed by atoms with van der Waals surface area (Å²) in [5, 5.41) is 22.7. The van der Waals surface area contributed by atoms with E-state index in [1.165, 1.54) is 12.1 Å². The van der Waals surface area contributed by atoms with Crippen molar-refractivity contribution in [2.24, 2.45) is 0 Å². The molecule has 0 amide bonds. The van der Waals surface area contributed by atoms with Crippen molar-refractivity contribution in [3.05, 3.63) is 76.8 Å². The molecule has 0 fully saturated rings. The van der Waals surface area contributed by atoms with Crippen LogP contribution in [0.3, 0.4) is 0 Å². The van der Waals surface area contributed by atoms with Crippen LogP contribution in [-0.2, 0) is 6.42 Å². The van der Waals surface area contributed by atoms with Crippen molar-refractivity contribution >= 4 is 39.4 Å². The number of aromatic nitrogens is 3. The van der Waals surface area contributed by atoms with Gasteiger partial charge < -0.3 is 20.5 Å². The average Bonchev–Trinajstić information content (AvgIpc) is 3.29. The van der Waals surface area contributed by atoms with Gasteiger partial charge in [0.2, 0.25) is 0 Å². The third-order valence-electron chi connectivity index (χ3n) is 5.86. The number of nitrogen functional groups attached to an aromatic ring is 1. The molecule has 4 N–H and O–H groups in total. The van der Waals surface area contributed by atoms with Gasteiger partial charge in [-0.1, -0.05) is 17.7 Å². The molecule has 0 spiro atoms. The highest BCUT2D eigenvalue weighted by atomic mass is 35.5. The molecule has 0 unspecified atom stereocenters. The van der Waals surface area contributed by atoms with Crippen molar-refractivity contribution in [1.82, 2.24) is 14.5 Å². The Morgan fingerprint density at radius 3 is 2.84 bits per heavy atom. The average molecular weight is 439 g/mol. The van der Waals surface area contributed by atoms with Gasteiger partial charge in [-0.3, -0.25) is 0 Å². The Labute approximate surface area is 182 Å². The maximum Gasteiger partial charge on any atom is 0.142 e. The molecule has 1 aromatic carbocycles. The van der Waals surface area contributed by atoms with Crippen LogP contribution in [0.4, 0.5) is 10.2 Å². The van der Waals surface area contributed by atoms with Gasteiger partial charge in [-0.2, -0.15) is 0 Å². The minimum atomic E-state index is -0.996. The molecule has 3 aromatic heterocycles. The van der Waals surface area contributed by atoms with Crippen LogP contribution in [0.5, 0.6) is 0 Å². The van der Waals surface area contributed by atoms with E-state index in [0.29, 0.717) is 29.3 Å². The van der Waals surface area contributed by atoms with E-state index in [4.69, 9.17) is 17.3 Å². The number of aliphatic hydroxyl groups is 2. The van der Waals surface area contributed by atoms with Crippen molar-refractivity contribution in [3.8, 4) is 0 Å². The number of aliphatic hydroxyl groups excluding tert-OH is 2. The van der Waals surface area contributed by atoms with Crippen LogP contribution in [0.2, 0.25) is 5.02 Å². The number of rotatable bonds is 4. The van der Waals surface area contributed by atoms with Gasteiger partial charge in [-0.25, -0.2) is 14.4 Å². The predicted octanol–water partition coefficient (Wildman–Crippen LogP) is 3.79. The van der Waals surface area contributed by atoms with Gasteiger partial charge in [0, 0.05) is 23.2 Å². The Morgan fingerprint density at radius 1 is 1.16 bits per heavy atom. The van der Waals surface area contributed by atoms with E-state index in [-0.39, 0.29) is 10.8 Å². The number of halogens is 2. The Kier molecular flexibility index (Phi) is 4.89. The lowest BCUT2D eigenvalue weighted by Gasteiger charge is -2.19. The van der Waals surface area contributed by atoms with Gasteiger partial charge in [0.05, 0.1) is 16.6 Å². The molecule has 3 heterocycles. The summed E-state index contributed by atoms with van der Waals surface area (Å²) in [5.74, 6) is -0.274. The van der Waals surface area contributed by atoms with Crippen molar-refractivity contribution < 1.29 is 14.6 Å². The fraction of sp³-hybridized carbons (Fsp3) is 0.217. The SMILES string of the molecule is Nc1nc2cc(CCC3=C[C@@H](n4ccc5cccnc54)[C@H](O)[C@@H]3O)cc(F)c2cc1Cl. The van der Waals surface area contributed by atoms with Crippen LogP contribution in [0.1, 0.15) is 18.0 Å². The third-order valence-corrected chi connectivity index (χ3v) is 6.16. The number of aryl methyl sites for hydroxylation is 1. The molecule has 0 aliphatic heterocycles. The van der Waals surface area contributed by atoms with E-state index in [2.05, 4.69) is 9.97 Å². The van der Waals surface area contributed by atoms with Crippen LogP contribution in [0.25, 0.3) is 21.9 Å². The van der Waals surface area contributed by atoms with Crippen LogP contribution < -0.4 is 5.73 Å². The van der Waals surface area contributed by atoms with E-state index in [9.17, 15) is 14.6 Å². The minimum absolute atomic E-state index is 0.151. The molecular weight excluding hydrogens is 419 g/mol. The zero-order valence-electron chi connectivity index (χ0n) is 16.4. The summed E-state index contributed by atoms with van der Waals surface area (Å²) in [6.45, 7) is 0. The monoisotopic (exact) mass is 438 g/mol. The quantitative estimate of drug-likeness (QED) is 0.421. The maximum absolute atomic E-state index is 14.5. The fourth-order valence-corrected chi connectivity index (χ4v) is 4.39. The molecule has 0 bridgehead atoms. The topological polar surface area (TPSA) is 97.2 Å². The molecule has 0 radical (unpaired) electrons.